The Morgan fingerprint density at radius 2 is 1.66 bits per heavy atom. The Labute approximate surface area is 204 Å². The zero-order valence-electron chi connectivity index (χ0n) is 20.4. The van der Waals surface area contributed by atoms with Crippen LogP contribution in [0.5, 0.6) is 11.5 Å². The molecule has 180 valence electrons. The van der Waals surface area contributed by atoms with E-state index in [-0.39, 0.29) is 17.3 Å². The van der Waals surface area contributed by atoms with Crippen LogP contribution in [0.4, 0.5) is 5.69 Å². The van der Waals surface area contributed by atoms with Gasteiger partial charge < -0.3 is 14.6 Å². The van der Waals surface area contributed by atoms with Crippen molar-refractivity contribution < 1.29 is 24.2 Å². The number of amides is 1. The van der Waals surface area contributed by atoms with Gasteiger partial charge in [0.1, 0.15) is 17.3 Å². The molecule has 0 bridgehead atoms. The second-order valence-electron chi connectivity index (χ2n) is 8.69. The van der Waals surface area contributed by atoms with Crippen molar-refractivity contribution in [2.24, 2.45) is 0 Å². The number of methoxy groups -OCH3 is 2. The molecule has 1 saturated heterocycles. The summed E-state index contributed by atoms with van der Waals surface area (Å²) in [5.74, 6) is -0.483. The molecule has 3 aromatic rings. The zero-order chi connectivity index (χ0) is 25.3. The second-order valence-corrected chi connectivity index (χ2v) is 8.69. The predicted octanol–water partition coefficient (Wildman–Crippen LogP) is 5.16. The highest BCUT2D eigenvalue weighted by atomic mass is 16.5. The number of aromatic nitrogens is 1. The topological polar surface area (TPSA) is 89.0 Å². The number of carbonyl (C=O) groups is 2. The number of Topliss-reactive ketones (excluding diaryl/α,β-unsaturated/α-hetero) is 1. The van der Waals surface area contributed by atoms with Gasteiger partial charge in [-0.05, 0) is 65.9 Å². The summed E-state index contributed by atoms with van der Waals surface area (Å²) < 4.78 is 11.0. The lowest BCUT2D eigenvalue weighted by molar-refractivity contribution is -0.132. The Balaban J connectivity index is 2.00. The number of aliphatic hydroxyl groups excluding tert-OH is 1. The largest absolute Gasteiger partial charge is 0.507 e. The molecule has 0 spiro atoms. The average molecular weight is 473 g/mol. The maximum Gasteiger partial charge on any atom is 0.300 e. The van der Waals surface area contributed by atoms with Crippen LogP contribution < -0.4 is 14.4 Å². The molecule has 7 heteroatoms. The summed E-state index contributed by atoms with van der Waals surface area (Å²) in [6.07, 6.45) is 3.18. The van der Waals surface area contributed by atoms with Gasteiger partial charge in [0.25, 0.3) is 11.7 Å². The quantitative estimate of drug-likeness (QED) is 0.303. The van der Waals surface area contributed by atoms with Crippen LogP contribution in [0.25, 0.3) is 5.76 Å². The zero-order valence-corrected chi connectivity index (χ0v) is 20.4. The minimum atomic E-state index is -0.863. The number of para-hydroxylation sites is 2. The molecule has 0 aliphatic carbocycles. The van der Waals surface area contributed by atoms with Crippen molar-refractivity contribution in [2.45, 2.75) is 32.7 Å². The third kappa shape index (κ3) is 4.14. The molecule has 35 heavy (non-hydrogen) atoms. The number of nitrogens with zero attached hydrogens (tertiary/aromatic N) is 2. The van der Waals surface area contributed by atoms with E-state index in [9.17, 15) is 14.7 Å². The minimum Gasteiger partial charge on any atom is -0.507 e. The fraction of sp³-hybridized carbons (Fsp3) is 0.250. The van der Waals surface area contributed by atoms with E-state index in [2.05, 4.69) is 4.98 Å². The lowest BCUT2D eigenvalue weighted by Crippen LogP contribution is -2.29. The lowest BCUT2D eigenvalue weighted by Gasteiger charge is -2.26. The second kappa shape index (κ2) is 9.62. The first-order valence-electron chi connectivity index (χ1n) is 11.3. The third-order valence-corrected chi connectivity index (χ3v) is 6.26. The molecule has 1 N–H and O–H groups in total. The lowest BCUT2D eigenvalue weighted by atomic mass is 9.91. The van der Waals surface area contributed by atoms with Crippen LogP contribution in [-0.4, -0.2) is 36.0 Å². The van der Waals surface area contributed by atoms with Crippen LogP contribution in [-0.2, 0) is 9.59 Å². The van der Waals surface area contributed by atoms with Crippen molar-refractivity contribution in [2.75, 3.05) is 19.1 Å². The molecule has 1 aromatic heterocycles. The smallest absolute Gasteiger partial charge is 0.300 e. The van der Waals surface area contributed by atoms with Crippen LogP contribution in [0, 0.1) is 6.92 Å². The molecule has 0 saturated carbocycles. The van der Waals surface area contributed by atoms with Crippen molar-refractivity contribution in [1.82, 2.24) is 4.98 Å². The molecule has 1 amide bonds. The van der Waals surface area contributed by atoms with Gasteiger partial charge in [-0.1, -0.05) is 26.0 Å². The highest BCUT2D eigenvalue weighted by Gasteiger charge is 2.48. The van der Waals surface area contributed by atoms with Crippen LogP contribution in [0.1, 0.15) is 48.1 Å². The molecule has 2 aromatic carbocycles. The van der Waals surface area contributed by atoms with E-state index in [0.29, 0.717) is 28.3 Å². The molecule has 4 rings (SSSR count). The van der Waals surface area contributed by atoms with Crippen molar-refractivity contribution in [1.29, 1.82) is 0 Å². The number of ether oxygens (including phenoxy) is 2. The summed E-state index contributed by atoms with van der Waals surface area (Å²) in [7, 11) is 3.10. The molecule has 1 aliphatic heterocycles. The van der Waals surface area contributed by atoms with Crippen molar-refractivity contribution >= 4 is 23.1 Å². The molecule has 0 radical (unpaired) electrons. The molecule has 2 heterocycles. The standard InChI is InChI=1S/C28H28N2O5/c1-16(2)19-15-20(17(3)14-23(19)35-5)26(31)24-25(18-10-12-29-13-11-18)30(28(33)27(24)32)21-8-6-7-9-22(21)34-4/h6-16,25,31H,1-5H3/b26-24+. The van der Waals surface area contributed by atoms with E-state index < -0.39 is 17.7 Å². The van der Waals surface area contributed by atoms with Gasteiger partial charge in [-0.2, -0.15) is 0 Å². The first kappa shape index (κ1) is 24.0. The summed E-state index contributed by atoms with van der Waals surface area (Å²) >= 11 is 0. The number of hydrogen-bond acceptors (Lipinski definition) is 6. The fourth-order valence-electron chi connectivity index (χ4n) is 4.50. The Kier molecular flexibility index (Phi) is 6.60. The Hall–Kier alpha value is -4.13. The number of ketones is 1. The van der Waals surface area contributed by atoms with Gasteiger partial charge in [-0.15, -0.1) is 0 Å². The van der Waals surface area contributed by atoms with Crippen LogP contribution >= 0.6 is 0 Å². The summed E-state index contributed by atoms with van der Waals surface area (Å²) in [5, 5.41) is 11.6. The van der Waals surface area contributed by atoms with E-state index in [4.69, 9.17) is 9.47 Å². The molecule has 1 atom stereocenters. The Morgan fingerprint density at radius 3 is 2.29 bits per heavy atom. The first-order chi connectivity index (χ1) is 16.8. The van der Waals surface area contributed by atoms with Crippen molar-refractivity contribution in [3.63, 3.8) is 0 Å². The highest BCUT2D eigenvalue weighted by Crippen LogP contribution is 2.45. The number of carbonyl (C=O) groups excluding carboxylic acids is 2. The van der Waals surface area contributed by atoms with Crippen molar-refractivity contribution in [3.05, 3.63) is 88.8 Å². The first-order valence-corrected chi connectivity index (χ1v) is 11.3. The molecule has 1 aliphatic rings. The average Bonchev–Trinajstić information content (AvgIpc) is 3.13. The fourth-order valence-corrected chi connectivity index (χ4v) is 4.50. The number of pyridine rings is 1. The number of aliphatic hydroxyl groups is 1. The van der Waals surface area contributed by atoms with E-state index in [1.54, 1.807) is 55.9 Å². The van der Waals surface area contributed by atoms with Gasteiger partial charge in [-0.3, -0.25) is 19.5 Å². The van der Waals surface area contributed by atoms with Gasteiger partial charge >= 0.3 is 0 Å². The maximum absolute atomic E-state index is 13.5. The van der Waals surface area contributed by atoms with E-state index in [1.165, 1.54) is 12.0 Å². The molecular weight excluding hydrogens is 444 g/mol. The van der Waals surface area contributed by atoms with Crippen LogP contribution in [0.15, 0.2) is 66.5 Å². The number of hydrogen-bond donors (Lipinski definition) is 1. The third-order valence-electron chi connectivity index (χ3n) is 6.26. The van der Waals surface area contributed by atoms with Gasteiger partial charge in [0, 0.05) is 18.0 Å². The summed E-state index contributed by atoms with van der Waals surface area (Å²) in [6.45, 7) is 5.88. The normalized spacial score (nSPS) is 17.2. The Bertz CT molecular complexity index is 1310. The van der Waals surface area contributed by atoms with Crippen LogP contribution in [0.2, 0.25) is 0 Å². The Morgan fingerprint density at radius 1 is 1.00 bits per heavy atom. The van der Waals surface area contributed by atoms with E-state index in [0.717, 1.165) is 11.1 Å². The number of rotatable bonds is 6. The SMILES string of the molecule is COc1cc(C)c(/C(O)=C2\C(=O)C(=O)N(c3ccccc3OC)C2c2ccncc2)cc1C(C)C. The predicted molar refractivity (Wildman–Crippen MR) is 134 cm³/mol. The monoisotopic (exact) mass is 472 g/mol. The minimum absolute atomic E-state index is 0.00933. The summed E-state index contributed by atoms with van der Waals surface area (Å²) in [4.78, 5) is 32.3. The number of aryl methyl sites for hydroxylation is 1. The summed E-state index contributed by atoms with van der Waals surface area (Å²) in [5.41, 5.74) is 3.18. The molecular formula is C28H28N2O5. The van der Waals surface area contributed by atoms with Gasteiger partial charge in [-0.25, -0.2) is 0 Å². The maximum atomic E-state index is 13.5. The number of anilines is 1. The molecule has 1 fully saturated rings. The van der Waals surface area contributed by atoms with Gasteiger partial charge in [0.2, 0.25) is 0 Å². The number of benzene rings is 2. The van der Waals surface area contributed by atoms with E-state index in [1.807, 2.05) is 32.9 Å². The summed E-state index contributed by atoms with van der Waals surface area (Å²) in [6, 6.07) is 13.3. The van der Waals surface area contributed by atoms with Crippen LogP contribution in [0.3, 0.4) is 0 Å². The highest BCUT2D eigenvalue weighted by molar-refractivity contribution is 6.52. The van der Waals surface area contributed by atoms with Crippen molar-refractivity contribution in [3.8, 4) is 11.5 Å². The van der Waals surface area contributed by atoms with E-state index >= 15 is 0 Å². The molecule has 7 nitrogen and oxygen atoms in total. The van der Waals surface area contributed by atoms with Gasteiger partial charge in [0.05, 0.1) is 31.5 Å². The molecule has 1 unspecified atom stereocenters. The van der Waals surface area contributed by atoms with Gasteiger partial charge in [0.15, 0.2) is 0 Å².